The molecule has 3 aromatic rings. The molecule has 1 heterocycles. The van der Waals surface area contributed by atoms with Gasteiger partial charge in [0.2, 0.25) is 5.76 Å². The second-order valence-electron chi connectivity index (χ2n) is 5.08. The van der Waals surface area contributed by atoms with E-state index in [1.54, 1.807) is 0 Å². The maximum Gasteiger partial charge on any atom is 0.379 e. The summed E-state index contributed by atoms with van der Waals surface area (Å²) in [7, 11) is 0. The van der Waals surface area contributed by atoms with Crippen LogP contribution in [0.3, 0.4) is 0 Å². The monoisotopic (exact) mass is 298 g/mol. The van der Waals surface area contributed by atoms with Crippen molar-refractivity contribution in [2.45, 2.75) is 20.3 Å². The highest BCUT2D eigenvalue weighted by Gasteiger charge is 2.19. The van der Waals surface area contributed by atoms with Crippen LogP contribution in [0.4, 0.5) is 4.39 Å². The first-order chi connectivity index (χ1) is 10.6. The Morgan fingerprint density at radius 3 is 2.59 bits per heavy atom. The van der Waals surface area contributed by atoms with E-state index in [1.165, 1.54) is 29.8 Å². The lowest BCUT2D eigenvalue weighted by molar-refractivity contribution is 0.0702. The quantitative estimate of drug-likeness (QED) is 0.521. The van der Waals surface area contributed by atoms with Crippen molar-refractivity contribution < 1.29 is 18.3 Å². The maximum absolute atomic E-state index is 12.9. The zero-order valence-corrected chi connectivity index (χ0v) is 12.4. The topological polar surface area (TPSA) is 39.4 Å². The SMILES string of the molecule is CCc1ccc2oc(C(=O)Oc3ccc(F)cc3)c(C)c2c1. The minimum Gasteiger partial charge on any atom is -0.449 e. The molecule has 3 nitrogen and oxygen atoms in total. The van der Waals surface area contributed by atoms with Gasteiger partial charge in [-0.15, -0.1) is 0 Å². The molecule has 0 aliphatic rings. The van der Waals surface area contributed by atoms with Crippen molar-refractivity contribution in [3.63, 3.8) is 0 Å². The van der Waals surface area contributed by atoms with Gasteiger partial charge in [0.25, 0.3) is 0 Å². The molecule has 0 unspecified atom stereocenters. The Kier molecular flexibility index (Phi) is 3.67. The molecule has 22 heavy (non-hydrogen) atoms. The van der Waals surface area contributed by atoms with Gasteiger partial charge in [0.1, 0.15) is 17.1 Å². The number of ether oxygens (including phenoxy) is 1. The molecule has 0 N–H and O–H groups in total. The molecule has 0 aliphatic carbocycles. The smallest absolute Gasteiger partial charge is 0.379 e. The predicted molar refractivity (Wildman–Crippen MR) is 81.7 cm³/mol. The molecule has 0 spiro atoms. The largest absolute Gasteiger partial charge is 0.449 e. The minimum atomic E-state index is -0.585. The van der Waals surface area contributed by atoms with Gasteiger partial charge in [-0.3, -0.25) is 0 Å². The van der Waals surface area contributed by atoms with Crippen LogP contribution in [0.15, 0.2) is 46.9 Å². The van der Waals surface area contributed by atoms with Crippen LogP contribution in [0.1, 0.15) is 28.6 Å². The fourth-order valence-electron chi connectivity index (χ4n) is 2.34. The predicted octanol–water partition coefficient (Wildman–Crippen LogP) is 4.66. The van der Waals surface area contributed by atoms with E-state index in [1.807, 2.05) is 25.1 Å². The van der Waals surface area contributed by atoms with E-state index in [9.17, 15) is 9.18 Å². The third-order valence-electron chi connectivity index (χ3n) is 3.62. The number of fused-ring (bicyclic) bond motifs is 1. The van der Waals surface area contributed by atoms with Crippen LogP contribution in [0, 0.1) is 12.7 Å². The Morgan fingerprint density at radius 2 is 1.91 bits per heavy atom. The van der Waals surface area contributed by atoms with Gasteiger partial charge < -0.3 is 9.15 Å². The second kappa shape index (κ2) is 5.64. The van der Waals surface area contributed by atoms with Crippen LogP contribution in [-0.4, -0.2) is 5.97 Å². The highest BCUT2D eigenvalue weighted by Crippen LogP contribution is 2.27. The van der Waals surface area contributed by atoms with Crippen molar-refractivity contribution >= 4 is 16.9 Å². The summed E-state index contributed by atoms with van der Waals surface area (Å²) in [6.07, 6.45) is 0.913. The van der Waals surface area contributed by atoms with E-state index in [0.29, 0.717) is 5.58 Å². The summed E-state index contributed by atoms with van der Waals surface area (Å²) in [5.74, 6) is -0.516. The fraction of sp³-hybridized carbons (Fsp3) is 0.167. The first kappa shape index (κ1) is 14.3. The summed E-state index contributed by atoms with van der Waals surface area (Å²) in [6.45, 7) is 3.90. The van der Waals surface area contributed by atoms with Crippen LogP contribution in [0.5, 0.6) is 5.75 Å². The highest BCUT2D eigenvalue weighted by molar-refractivity contribution is 5.97. The molecule has 0 aliphatic heterocycles. The average molecular weight is 298 g/mol. The summed E-state index contributed by atoms with van der Waals surface area (Å²) >= 11 is 0. The third kappa shape index (κ3) is 2.60. The van der Waals surface area contributed by atoms with Crippen molar-refractivity contribution in [2.75, 3.05) is 0 Å². The number of halogens is 1. The van der Waals surface area contributed by atoms with Gasteiger partial charge in [0.05, 0.1) is 0 Å². The number of carbonyl (C=O) groups is 1. The number of aryl methyl sites for hydroxylation is 2. The van der Waals surface area contributed by atoms with E-state index in [0.717, 1.165) is 17.4 Å². The molecule has 2 aromatic carbocycles. The second-order valence-corrected chi connectivity index (χ2v) is 5.08. The molecular weight excluding hydrogens is 283 g/mol. The lowest BCUT2D eigenvalue weighted by Gasteiger charge is -2.02. The first-order valence-corrected chi connectivity index (χ1v) is 7.08. The van der Waals surface area contributed by atoms with Gasteiger partial charge in [-0.1, -0.05) is 13.0 Å². The van der Waals surface area contributed by atoms with Gasteiger partial charge in [-0.05, 0) is 55.3 Å². The molecule has 0 radical (unpaired) electrons. The van der Waals surface area contributed by atoms with E-state index < -0.39 is 5.97 Å². The van der Waals surface area contributed by atoms with Crippen LogP contribution < -0.4 is 4.74 Å². The molecule has 112 valence electrons. The molecule has 0 fully saturated rings. The number of hydrogen-bond acceptors (Lipinski definition) is 3. The molecule has 0 atom stereocenters. The number of rotatable bonds is 3. The molecular formula is C18H15FO3. The number of esters is 1. The Hall–Kier alpha value is -2.62. The normalized spacial score (nSPS) is 10.9. The van der Waals surface area contributed by atoms with Crippen molar-refractivity contribution in [3.8, 4) is 5.75 Å². The van der Waals surface area contributed by atoms with Gasteiger partial charge in [0.15, 0.2) is 0 Å². The van der Waals surface area contributed by atoms with E-state index in [-0.39, 0.29) is 17.3 Å². The summed E-state index contributed by atoms with van der Waals surface area (Å²) in [5, 5.41) is 0.908. The first-order valence-electron chi connectivity index (χ1n) is 7.08. The van der Waals surface area contributed by atoms with Crippen molar-refractivity contribution in [3.05, 3.63) is 65.2 Å². The van der Waals surface area contributed by atoms with Crippen molar-refractivity contribution in [1.29, 1.82) is 0 Å². The zero-order chi connectivity index (χ0) is 15.7. The molecule has 4 heteroatoms. The van der Waals surface area contributed by atoms with Gasteiger partial charge in [-0.2, -0.15) is 0 Å². The summed E-state index contributed by atoms with van der Waals surface area (Å²) in [6, 6.07) is 11.1. The Bertz CT molecular complexity index is 831. The average Bonchev–Trinajstić information content (AvgIpc) is 2.86. The number of benzene rings is 2. The molecule has 0 bridgehead atoms. The molecule has 3 rings (SSSR count). The van der Waals surface area contributed by atoms with Gasteiger partial charge >= 0.3 is 5.97 Å². The van der Waals surface area contributed by atoms with Crippen molar-refractivity contribution in [1.82, 2.24) is 0 Å². The highest BCUT2D eigenvalue weighted by atomic mass is 19.1. The molecule has 0 amide bonds. The molecule has 0 saturated heterocycles. The van der Waals surface area contributed by atoms with Crippen LogP contribution >= 0.6 is 0 Å². The maximum atomic E-state index is 12.9. The Morgan fingerprint density at radius 1 is 1.18 bits per heavy atom. The van der Waals surface area contributed by atoms with Gasteiger partial charge in [0, 0.05) is 10.9 Å². The van der Waals surface area contributed by atoms with Gasteiger partial charge in [-0.25, -0.2) is 9.18 Å². The number of carbonyl (C=O) groups excluding carboxylic acids is 1. The number of hydrogen-bond donors (Lipinski definition) is 0. The molecule has 1 aromatic heterocycles. The Balaban J connectivity index is 1.93. The standard InChI is InChI=1S/C18H15FO3/c1-3-12-4-9-16-15(10-12)11(2)17(22-16)18(20)21-14-7-5-13(19)6-8-14/h4-10H,3H2,1-2H3. The van der Waals surface area contributed by atoms with Crippen LogP contribution in [0.2, 0.25) is 0 Å². The van der Waals surface area contributed by atoms with E-state index >= 15 is 0 Å². The number of furan rings is 1. The third-order valence-corrected chi connectivity index (χ3v) is 3.62. The lowest BCUT2D eigenvalue weighted by Crippen LogP contribution is -2.08. The van der Waals surface area contributed by atoms with E-state index in [2.05, 4.69) is 6.92 Å². The van der Waals surface area contributed by atoms with Crippen LogP contribution in [-0.2, 0) is 6.42 Å². The van der Waals surface area contributed by atoms with Crippen LogP contribution in [0.25, 0.3) is 11.0 Å². The Labute approximate surface area is 127 Å². The summed E-state index contributed by atoms with van der Waals surface area (Å²) in [5.41, 5.74) is 2.58. The van der Waals surface area contributed by atoms with E-state index in [4.69, 9.17) is 9.15 Å². The van der Waals surface area contributed by atoms with Crippen molar-refractivity contribution in [2.24, 2.45) is 0 Å². The summed E-state index contributed by atoms with van der Waals surface area (Å²) in [4.78, 5) is 12.2. The fourth-order valence-corrected chi connectivity index (χ4v) is 2.34. The molecule has 0 saturated carbocycles. The minimum absolute atomic E-state index is 0.174. The summed E-state index contributed by atoms with van der Waals surface area (Å²) < 4.78 is 23.7. The zero-order valence-electron chi connectivity index (χ0n) is 12.4. The lowest BCUT2D eigenvalue weighted by atomic mass is 10.1.